The number of nitrogens with zero attached hydrogens (tertiary/aromatic N) is 4. The van der Waals surface area contributed by atoms with Gasteiger partial charge in [-0.3, -0.25) is 9.20 Å². The van der Waals surface area contributed by atoms with Crippen molar-refractivity contribution < 1.29 is 4.79 Å². The summed E-state index contributed by atoms with van der Waals surface area (Å²) in [5, 5.41) is 8.52. The van der Waals surface area contributed by atoms with Crippen molar-refractivity contribution in [1.29, 1.82) is 0 Å². The molecule has 6 heteroatoms. The Balaban J connectivity index is 1.81. The number of para-hydroxylation sites is 1. The van der Waals surface area contributed by atoms with Gasteiger partial charge in [0.15, 0.2) is 0 Å². The molecule has 0 bridgehead atoms. The highest BCUT2D eigenvalue weighted by Crippen LogP contribution is 2.35. The zero-order valence-corrected chi connectivity index (χ0v) is 15.1. The third-order valence-corrected chi connectivity index (χ3v) is 5.77. The van der Waals surface area contributed by atoms with Crippen LogP contribution in [0.4, 0.5) is 5.69 Å². The number of fused-ring (bicyclic) bond motifs is 2. The zero-order valence-electron chi connectivity index (χ0n) is 14.3. The van der Waals surface area contributed by atoms with Crippen LogP contribution in [-0.4, -0.2) is 26.5 Å². The fraction of sp³-hybridized carbons (Fsp3) is 0.389. The van der Waals surface area contributed by atoms with Crippen molar-refractivity contribution in [2.24, 2.45) is 0 Å². The molecule has 24 heavy (non-hydrogen) atoms. The van der Waals surface area contributed by atoms with E-state index in [-0.39, 0.29) is 17.9 Å². The molecule has 0 saturated heterocycles. The minimum absolute atomic E-state index is 0.0650. The van der Waals surface area contributed by atoms with Gasteiger partial charge in [-0.2, -0.15) is 0 Å². The standard InChI is InChI=1S/C18H20N4OS/c1-10(2)16-19-20-18-22(16)12(4)15(24-18)17(23)21-11(3)9-13-7-5-6-8-14(13)21/h5-8,10-11H,9H2,1-4H3. The molecule has 3 heterocycles. The van der Waals surface area contributed by atoms with E-state index in [4.69, 9.17) is 0 Å². The molecular weight excluding hydrogens is 320 g/mol. The summed E-state index contributed by atoms with van der Waals surface area (Å²) < 4.78 is 2.02. The average Bonchev–Trinajstić information content (AvgIpc) is 3.19. The fourth-order valence-electron chi connectivity index (χ4n) is 3.49. The number of amides is 1. The topological polar surface area (TPSA) is 50.5 Å². The van der Waals surface area contributed by atoms with Crippen LogP contribution in [0.15, 0.2) is 24.3 Å². The first-order chi connectivity index (χ1) is 11.5. The van der Waals surface area contributed by atoms with Crippen LogP contribution in [0.1, 0.15) is 53.4 Å². The summed E-state index contributed by atoms with van der Waals surface area (Å²) in [6.07, 6.45) is 0.905. The molecule has 0 spiro atoms. The summed E-state index contributed by atoms with van der Waals surface area (Å²) in [5.74, 6) is 1.24. The first kappa shape index (κ1) is 15.3. The number of carbonyl (C=O) groups excluding carboxylic acids is 1. The molecule has 3 aromatic rings. The first-order valence-electron chi connectivity index (χ1n) is 8.25. The van der Waals surface area contributed by atoms with Crippen molar-refractivity contribution in [3.05, 3.63) is 46.2 Å². The molecule has 5 nitrogen and oxygen atoms in total. The van der Waals surface area contributed by atoms with E-state index in [1.807, 2.05) is 34.4 Å². The molecular formula is C18H20N4OS. The van der Waals surface area contributed by atoms with E-state index in [1.54, 1.807) is 0 Å². The van der Waals surface area contributed by atoms with Gasteiger partial charge in [-0.1, -0.05) is 43.4 Å². The number of anilines is 1. The molecule has 124 valence electrons. The third-order valence-electron chi connectivity index (χ3n) is 4.65. The number of carbonyl (C=O) groups is 1. The smallest absolute Gasteiger partial charge is 0.270 e. The second-order valence-electron chi connectivity index (χ2n) is 6.70. The Bertz CT molecular complexity index is 940. The number of aromatic nitrogens is 3. The quantitative estimate of drug-likeness (QED) is 0.713. The van der Waals surface area contributed by atoms with Gasteiger partial charge in [0, 0.05) is 23.3 Å². The van der Waals surface area contributed by atoms with Crippen LogP contribution in [0.5, 0.6) is 0 Å². The normalized spacial score (nSPS) is 17.0. The molecule has 0 aliphatic carbocycles. The van der Waals surface area contributed by atoms with Crippen LogP contribution in [0, 0.1) is 6.92 Å². The summed E-state index contributed by atoms with van der Waals surface area (Å²) in [6.45, 7) is 8.27. The van der Waals surface area contributed by atoms with Crippen LogP contribution < -0.4 is 4.90 Å². The van der Waals surface area contributed by atoms with E-state index in [0.717, 1.165) is 33.5 Å². The van der Waals surface area contributed by atoms with Crippen molar-refractivity contribution >= 4 is 27.9 Å². The van der Waals surface area contributed by atoms with Gasteiger partial charge in [-0.25, -0.2) is 0 Å². The zero-order chi connectivity index (χ0) is 17.0. The van der Waals surface area contributed by atoms with Gasteiger partial charge in [0.2, 0.25) is 4.96 Å². The number of thiazole rings is 1. The Morgan fingerprint density at radius 1 is 1.29 bits per heavy atom. The Hall–Kier alpha value is -2.21. The minimum Gasteiger partial charge on any atom is -0.304 e. The van der Waals surface area contributed by atoms with Crippen LogP contribution in [0.25, 0.3) is 4.96 Å². The third kappa shape index (κ3) is 2.09. The molecule has 1 unspecified atom stereocenters. The maximum Gasteiger partial charge on any atom is 0.270 e. The first-order valence-corrected chi connectivity index (χ1v) is 9.06. The maximum absolute atomic E-state index is 13.3. The molecule has 0 radical (unpaired) electrons. The van der Waals surface area contributed by atoms with Gasteiger partial charge in [0.25, 0.3) is 5.91 Å². The van der Waals surface area contributed by atoms with E-state index in [0.29, 0.717) is 0 Å². The monoisotopic (exact) mass is 340 g/mol. The highest BCUT2D eigenvalue weighted by molar-refractivity contribution is 7.19. The summed E-state index contributed by atoms with van der Waals surface area (Å²) >= 11 is 1.43. The largest absolute Gasteiger partial charge is 0.304 e. The van der Waals surface area contributed by atoms with Gasteiger partial charge in [0.05, 0.1) is 0 Å². The number of hydrogen-bond donors (Lipinski definition) is 0. The predicted molar refractivity (Wildman–Crippen MR) is 96.1 cm³/mol. The molecule has 0 fully saturated rings. The lowest BCUT2D eigenvalue weighted by atomic mass is 10.1. The number of aryl methyl sites for hydroxylation is 1. The van der Waals surface area contributed by atoms with Gasteiger partial charge in [0.1, 0.15) is 10.7 Å². The Morgan fingerprint density at radius 2 is 2.04 bits per heavy atom. The van der Waals surface area contributed by atoms with Crippen LogP contribution in [0.2, 0.25) is 0 Å². The van der Waals surface area contributed by atoms with Crippen molar-refractivity contribution in [1.82, 2.24) is 14.6 Å². The van der Waals surface area contributed by atoms with Crippen molar-refractivity contribution in [3.63, 3.8) is 0 Å². The van der Waals surface area contributed by atoms with Gasteiger partial charge >= 0.3 is 0 Å². The Kier molecular flexibility index (Phi) is 3.46. The lowest BCUT2D eigenvalue weighted by molar-refractivity contribution is 0.0984. The van der Waals surface area contributed by atoms with Crippen molar-refractivity contribution in [2.75, 3.05) is 4.90 Å². The molecule has 1 atom stereocenters. The minimum atomic E-state index is 0.0650. The lowest BCUT2D eigenvalue weighted by Gasteiger charge is -2.22. The van der Waals surface area contributed by atoms with Gasteiger partial charge in [-0.05, 0) is 31.9 Å². The Labute approximate surface area is 144 Å². The van der Waals surface area contributed by atoms with E-state index < -0.39 is 0 Å². The van der Waals surface area contributed by atoms with Crippen LogP contribution in [-0.2, 0) is 6.42 Å². The summed E-state index contributed by atoms with van der Waals surface area (Å²) in [5.41, 5.74) is 3.20. The second-order valence-corrected chi connectivity index (χ2v) is 7.68. The van der Waals surface area contributed by atoms with Crippen molar-refractivity contribution in [3.8, 4) is 0 Å². The lowest BCUT2D eigenvalue weighted by Crippen LogP contribution is -2.35. The van der Waals surface area contributed by atoms with Crippen LogP contribution in [0.3, 0.4) is 0 Å². The Morgan fingerprint density at radius 3 is 2.79 bits per heavy atom. The van der Waals surface area contributed by atoms with Crippen LogP contribution >= 0.6 is 11.3 Å². The molecule has 0 N–H and O–H groups in total. The molecule has 1 aliphatic rings. The summed E-state index contributed by atoms with van der Waals surface area (Å²) in [6, 6.07) is 8.34. The molecule has 1 aromatic carbocycles. The summed E-state index contributed by atoms with van der Waals surface area (Å²) in [7, 11) is 0. The van der Waals surface area contributed by atoms with E-state index >= 15 is 0 Å². The average molecular weight is 340 g/mol. The number of hydrogen-bond acceptors (Lipinski definition) is 4. The maximum atomic E-state index is 13.3. The summed E-state index contributed by atoms with van der Waals surface area (Å²) in [4.78, 5) is 16.7. The van der Waals surface area contributed by atoms with E-state index in [9.17, 15) is 4.79 Å². The fourth-order valence-corrected chi connectivity index (χ4v) is 4.50. The molecule has 4 rings (SSSR count). The highest BCUT2D eigenvalue weighted by atomic mass is 32.1. The van der Waals surface area contributed by atoms with Gasteiger partial charge in [-0.15, -0.1) is 10.2 Å². The molecule has 0 saturated carbocycles. The number of rotatable bonds is 2. The molecule has 2 aromatic heterocycles. The van der Waals surface area contributed by atoms with E-state index in [2.05, 4.69) is 37.0 Å². The second kappa shape index (κ2) is 5.41. The van der Waals surface area contributed by atoms with Crippen molar-refractivity contribution in [2.45, 2.75) is 46.1 Å². The predicted octanol–water partition coefficient (Wildman–Crippen LogP) is 3.81. The van der Waals surface area contributed by atoms with Gasteiger partial charge < -0.3 is 4.90 Å². The highest BCUT2D eigenvalue weighted by Gasteiger charge is 2.33. The number of benzene rings is 1. The van der Waals surface area contributed by atoms with E-state index in [1.165, 1.54) is 16.9 Å². The molecule has 1 aliphatic heterocycles. The molecule has 1 amide bonds. The SMILES string of the molecule is Cc1c(C(=O)N2c3ccccc3CC2C)sc2nnc(C(C)C)n12.